The topological polar surface area (TPSA) is 82.9 Å². The van der Waals surface area contributed by atoms with E-state index in [1.807, 2.05) is 0 Å². The maximum absolute atomic E-state index is 12.1. The van der Waals surface area contributed by atoms with Gasteiger partial charge in [-0.15, -0.1) is 0 Å². The van der Waals surface area contributed by atoms with Gasteiger partial charge in [0.15, 0.2) is 0 Å². The van der Waals surface area contributed by atoms with E-state index in [0.717, 1.165) is 0 Å². The molecule has 6 heteroatoms. The number of amides is 1. The van der Waals surface area contributed by atoms with Gasteiger partial charge in [0, 0.05) is 24.5 Å². The van der Waals surface area contributed by atoms with Crippen molar-refractivity contribution in [1.29, 1.82) is 0 Å². The molecule has 18 heavy (non-hydrogen) atoms. The number of carbonyl (C=O) groups is 2. The van der Waals surface area contributed by atoms with Crippen LogP contribution in [0.1, 0.15) is 19.8 Å². The maximum Gasteiger partial charge on any atom is 0.303 e. The van der Waals surface area contributed by atoms with E-state index in [1.54, 1.807) is 31.5 Å². The Morgan fingerprint density at radius 2 is 2.11 bits per heavy atom. The first-order valence-electron chi connectivity index (χ1n) is 5.60. The largest absolute Gasteiger partial charge is 0.481 e. The number of hydrogen-bond donors (Lipinski definition) is 1. The first-order chi connectivity index (χ1) is 8.59. The number of hydrazone groups is 1. The predicted octanol–water partition coefficient (Wildman–Crippen LogP) is 1.29. The van der Waals surface area contributed by atoms with Crippen molar-refractivity contribution >= 4 is 23.3 Å². The average molecular weight is 247 g/mol. The number of nitrogens with zero attached hydrogens (tertiary/aromatic N) is 3. The monoisotopic (exact) mass is 247 g/mol. The summed E-state index contributed by atoms with van der Waals surface area (Å²) in [5.74, 6) is -1.52. The molecule has 6 nitrogen and oxygen atoms in total. The van der Waals surface area contributed by atoms with E-state index < -0.39 is 11.9 Å². The van der Waals surface area contributed by atoms with Crippen LogP contribution in [0.4, 0.5) is 5.69 Å². The van der Waals surface area contributed by atoms with Gasteiger partial charge in [-0.05, 0) is 25.5 Å². The van der Waals surface area contributed by atoms with Gasteiger partial charge in [0.1, 0.15) is 0 Å². The van der Waals surface area contributed by atoms with E-state index >= 15 is 0 Å². The quantitative estimate of drug-likeness (QED) is 0.868. The van der Waals surface area contributed by atoms with Crippen molar-refractivity contribution in [2.75, 3.05) is 5.01 Å². The van der Waals surface area contributed by atoms with E-state index in [-0.39, 0.29) is 18.7 Å². The van der Waals surface area contributed by atoms with E-state index in [0.29, 0.717) is 11.4 Å². The summed E-state index contributed by atoms with van der Waals surface area (Å²) < 4.78 is 0. The number of anilines is 1. The second-order valence-corrected chi connectivity index (χ2v) is 4.08. The van der Waals surface area contributed by atoms with Crippen LogP contribution in [0.5, 0.6) is 0 Å². The van der Waals surface area contributed by atoms with Crippen molar-refractivity contribution in [2.24, 2.45) is 11.0 Å². The second-order valence-electron chi connectivity index (χ2n) is 4.08. The molecule has 0 fully saturated rings. The van der Waals surface area contributed by atoms with Crippen molar-refractivity contribution in [3.63, 3.8) is 0 Å². The van der Waals surface area contributed by atoms with Gasteiger partial charge in [0.05, 0.1) is 11.6 Å². The van der Waals surface area contributed by atoms with Gasteiger partial charge >= 0.3 is 5.97 Å². The van der Waals surface area contributed by atoms with Crippen LogP contribution < -0.4 is 5.01 Å². The van der Waals surface area contributed by atoms with Gasteiger partial charge in [-0.1, -0.05) is 0 Å². The first kappa shape index (κ1) is 12.2. The summed E-state index contributed by atoms with van der Waals surface area (Å²) >= 11 is 0. The first-order valence-corrected chi connectivity index (χ1v) is 5.60. The predicted molar refractivity (Wildman–Crippen MR) is 65.2 cm³/mol. The van der Waals surface area contributed by atoms with Gasteiger partial charge in [-0.3, -0.25) is 14.6 Å². The molecular formula is C12H13N3O3. The van der Waals surface area contributed by atoms with Crippen LogP contribution in [0.2, 0.25) is 0 Å². The Labute approximate surface area is 104 Å². The third kappa shape index (κ3) is 2.37. The van der Waals surface area contributed by atoms with E-state index in [1.165, 1.54) is 5.01 Å². The van der Waals surface area contributed by atoms with Gasteiger partial charge in [-0.25, -0.2) is 5.01 Å². The van der Waals surface area contributed by atoms with Crippen LogP contribution >= 0.6 is 0 Å². The van der Waals surface area contributed by atoms with Crippen molar-refractivity contribution in [1.82, 2.24) is 4.98 Å². The van der Waals surface area contributed by atoms with Crippen molar-refractivity contribution in [3.8, 4) is 0 Å². The molecule has 1 aliphatic heterocycles. The van der Waals surface area contributed by atoms with E-state index in [2.05, 4.69) is 10.1 Å². The van der Waals surface area contributed by atoms with Crippen molar-refractivity contribution in [3.05, 3.63) is 24.5 Å². The number of aliphatic carboxylic acids is 1. The molecule has 2 heterocycles. The number of hydrogen-bond acceptors (Lipinski definition) is 4. The molecular weight excluding hydrogens is 234 g/mol. The van der Waals surface area contributed by atoms with Crippen LogP contribution in [0.15, 0.2) is 29.6 Å². The Hall–Kier alpha value is -2.24. The fourth-order valence-corrected chi connectivity index (χ4v) is 1.87. The van der Waals surface area contributed by atoms with Crippen LogP contribution in [-0.2, 0) is 9.59 Å². The SMILES string of the molecule is CC1=NN(c2ccncc2)C(=O)C1CCC(=O)O. The normalized spacial score (nSPS) is 18.9. The minimum Gasteiger partial charge on any atom is -0.481 e. The fraction of sp³-hybridized carbons (Fsp3) is 0.333. The van der Waals surface area contributed by atoms with Gasteiger partial charge in [-0.2, -0.15) is 5.10 Å². The number of pyridine rings is 1. The minimum atomic E-state index is -0.905. The standard InChI is InChI=1S/C12H13N3O3/c1-8-10(2-3-11(16)17)12(18)15(14-8)9-4-6-13-7-5-9/h4-7,10H,2-3H2,1H3,(H,16,17). The van der Waals surface area contributed by atoms with Crippen LogP contribution in [0.3, 0.4) is 0 Å². The highest BCUT2D eigenvalue weighted by Gasteiger charge is 2.34. The Morgan fingerprint density at radius 3 is 2.72 bits per heavy atom. The third-order valence-electron chi connectivity index (χ3n) is 2.82. The molecule has 0 aliphatic carbocycles. The molecule has 0 radical (unpaired) electrons. The van der Waals surface area contributed by atoms with Gasteiger partial charge in [0.25, 0.3) is 5.91 Å². The Balaban J connectivity index is 2.14. The lowest BCUT2D eigenvalue weighted by Crippen LogP contribution is -2.27. The lowest BCUT2D eigenvalue weighted by Gasteiger charge is -2.13. The molecule has 1 aromatic rings. The number of rotatable bonds is 4. The highest BCUT2D eigenvalue weighted by Crippen LogP contribution is 2.25. The lowest BCUT2D eigenvalue weighted by molar-refractivity contribution is -0.137. The van der Waals surface area contributed by atoms with Crippen LogP contribution in [0.25, 0.3) is 0 Å². The summed E-state index contributed by atoms with van der Waals surface area (Å²) in [6.45, 7) is 1.74. The fourth-order valence-electron chi connectivity index (χ4n) is 1.87. The lowest BCUT2D eigenvalue weighted by atomic mass is 9.98. The zero-order chi connectivity index (χ0) is 13.1. The van der Waals surface area contributed by atoms with Gasteiger partial charge < -0.3 is 5.11 Å². The van der Waals surface area contributed by atoms with E-state index in [9.17, 15) is 9.59 Å². The summed E-state index contributed by atoms with van der Waals surface area (Å²) in [4.78, 5) is 26.5. The second kappa shape index (κ2) is 4.95. The molecule has 1 unspecified atom stereocenters. The molecule has 1 aliphatic rings. The number of aromatic nitrogens is 1. The van der Waals surface area contributed by atoms with Crippen molar-refractivity contribution < 1.29 is 14.7 Å². The minimum absolute atomic E-state index is 0.0343. The van der Waals surface area contributed by atoms with E-state index in [4.69, 9.17) is 5.11 Å². The maximum atomic E-state index is 12.1. The molecule has 0 spiro atoms. The van der Waals surface area contributed by atoms with Crippen LogP contribution in [-0.4, -0.2) is 27.7 Å². The summed E-state index contributed by atoms with van der Waals surface area (Å²) in [5.41, 5.74) is 1.30. The Morgan fingerprint density at radius 1 is 1.44 bits per heavy atom. The molecule has 1 N–H and O–H groups in total. The Kier molecular flexibility index (Phi) is 3.36. The molecule has 1 aromatic heterocycles. The summed E-state index contributed by atoms with van der Waals surface area (Å²) in [6.07, 6.45) is 3.41. The number of carbonyl (C=O) groups excluding carboxylic acids is 1. The molecule has 0 bridgehead atoms. The molecule has 0 saturated heterocycles. The Bertz CT molecular complexity index is 499. The summed E-state index contributed by atoms with van der Waals surface area (Å²) in [6, 6.07) is 3.38. The summed E-state index contributed by atoms with van der Waals surface area (Å²) in [7, 11) is 0. The van der Waals surface area contributed by atoms with Gasteiger partial charge in [0.2, 0.25) is 0 Å². The zero-order valence-electron chi connectivity index (χ0n) is 9.91. The molecule has 1 amide bonds. The van der Waals surface area contributed by atoms with Crippen molar-refractivity contribution in [2.45, 2.75) is 19.8 Å². The molecule has 0 saturated carbocycles. The highest BCUT2D eigenvalue weighted by molar-refractivity contribution is 6.14. The summed E-state index contributed by atoms with van der Waals surface area (Å²) in [5, 5.41) is 14.1. The number of carboxylic acid groups (broad SMARTS) is 1. The molecule has 94 valence electrons. The zero-order valence-corrected chi connectivity index (χ0v) is 9.91. The average Bonchev–Trinajstić information content (AvgIpc) is 2.63. The highest BCUT2D eigenvalue weighted by atomic mass is 16.4. The molecule has 2 rings (SSSR count). The van der Waals surface area contributed by atoms with Crippen LogP contribution in [0, 0.1) is 5.92 Å². The smallest absolute Gasteiger partial charge is 0.303 e. The number of carboxylic acids is 1. The molecule has 1 atom stereocenters. The third-order valence-corrected chi connectivity index (χ3v) is 2.82. The molecule has 0 aromatic carbocycles.